The molecule has 1 fully saturated rings. The number of ether oxygens (including phenoxy) is 1. The minimum Gasteiger partial charge on any atom is -0.370 e. The van der Waals surface area contributed by atoms with Crippen molar-refractivity contribution in [1.82, 2.24) is 24.7 Å². The van der Waals surface area contributed by atoms with Crippen molar-refractivity contribution in [3.05, 3.63) is 54.1 Å². The Kier molecular flexibility index (Phi) is 3.40. The molecule has 0 bridgehead atoms. The number of rotatable bonds is 4. The maximum absolute atomic E-state index is 5.90. The van der Waals surface area contributed by atoms with Gasteiger partial charge < -0.3 is 10.1 Å². The third kappa shape index (κ3) is 2.30. The highest BCUT2D eigenvalue weighted by molar-refractivity contribution is 5.53. The molecule has 1 aliphatic rings. The van der Waals surface area contributed by atoms with Gasteiger partial charge in [-0.3, -0.25) is 4.68 Å². The molecule has 0 saturated carbocycles. The van der Waals surface area contributed by atoms with Gasteiger partial charge >= 0.3 is 0 Å². The van der Waals surface area contributed by atoms with Crippen molar-refractivity contribution in [1.29, 1.82) is 0 Å². The number of aryl methyl sites for hydroxylation is 1. The van der Waals surface area contributed by atoms with E-state index < -0.39 is 0 Å². The summed E-state index contributed by atoms with van der Waals surface area (Å²) in [6.45, 7) is 1.57. The van der Waals surface area contributed by atoms with E-state index in [1.807, 2.05) is 53.0 Å². The summed E-state index contributed by atoms with van der Waals surface area (Å²) in [6, 6.07) is 8.44. The lowest BCUT2D eigenvalue weighted by atomic mass is 10.1. The molecule has 114 valence electrons. The molecule has 3 aromatic heterocycles. The Bertz CT molecular complexity index is 778. The predicted octanol–water partition coefficient (Wildman–Crippen LogP) is 1.69. The van der Waals surface area contributed by atoms with Crippen LogP contribution in [0.3, 0.4) is 0 Å². The normalized spacial score (nSPS) is 21.7. The Hall–Kier alpha value is -2.18. The first kappa shape index (κ1) is 13.5. The molecule has 0 amide bonds. The Morgan fingerprint density at radius 3 is 3.14 bits per heavy atom. The summed E-state index contributed by atoms with van der Waals surface area (Å²) in [7, 11) is 1.96. The molecule has 2 atom stereocenters. The van der Waals surface area contributed by atoms with Crippen molar-refractivity contribution in [3.63, 3.8) is 0 Å². The van der Waals surface area contributed by atoms with Crippen LogP contribution in [0.2, 0.25) is 0 Å². The topological polar surface area (TPSA) is 56.4 Å². The van der Waals surface area contributed by atoms with Gasteiger partial charge in [0.25, 0.3) is 0 Å². The van der Waals surface area contributed by atoms with Crippen LogP contribution >= 0.6 is 0 Å². The molecule has 6 heteroatoms. The number of pyridine rings is 1. The van der Waals surface area contributed by atoms with E-state index in [1.54, 1.807) is 0 Å². The lowest BCUT2D eigenvalue weighted by Gasteiger charge is -2.20. The molecule has 6 nitrogen and oxygen atoms in total. The number of hydrogen-bond acceptors (Lipinski definition) is 4. The Labute approximate surface area is 128 Å². The van der Waals surface area contributed by atoms with E-state index in [9.17, 15) is 0 Å². The SMILES string of the molecule is Cn1nccc1[C@H]1OCC[C@@H]1NCc1cnn2ccccc12. The lowest BCUT2D eigenvalue weighted by Crippen LogP contribution is -2.32. The zero-order valence-electron chi connectivity index (χ0n) is 12.5. The molecule has 4 rings (SSSR count). The maximum Gasteiger partial charge on any atom is 0.114 e. The van der Waals surface area contributed by atoms with Crippen molar-refractivity contribution < 1.29 is 4.74 Å². The van der Waals surface area contributed by atoms with Crippen molar-refractivity contribution in [2.75, 3.05) is 6.61 Å². The highest BCUT2D eigenvalue weighted by Gasteiger charge is 2.31. The molecule has 4 heterocycles. The molecule has 0 unspecified atom stereocenters. The quantitative estimate of drug-likeness (QED) is 0.796. The van der Waals surface area contributed by atoms with Crippen molar-refractivity contribution >= 4 is 5.52 Å². The summed E-state index contributed by atoms with van der Waals surface area (Å²) >= 11 is 0. The molecular weight excluding hydrogens is 278 g/mol. The highest BCUT2D eigenvalue weighted by atomic mass is 16.5. The molecule has 3 aromatic rings. The third-order valence-electron chi connectivity index (χ3n) is 4.30. The summed E-state index contributed by atoms with van der Waals surface area (Å²) < 4.78 is 9.70. The van der Waals surface area contributed by atoms with Crippen LogP contribution in [0.5, 0.6) is 0 Å². The molecular formula is C16H19N5O. The minimum absolute atomic E-state index is 0.0642. The van der Waals surface area contributed by atoms with Crippen molar-refractivity contribution in [2.45, 2.75) is 25.1 Å². The van der Waals surface area contributed by atoms with Crippen molar-refractivity contribution in [3.8, 4) is 0 Å². The van der Waals surface area contributed by atoms with Crippen LogP contribution in [0.15, 0.2) is 42.9 Å². The minimum atomic E-state index is 0.0642. The highest BCUT2D eigenvalue weighted by Crippen LogP contribution is 2.29. The number of nitrogens with one attached hydrogen (secondary N) is 1. The Morgan fingerprint density at radius 1 is 1.32 bits per heavy atom. The van der Waals surface area contributed by atoms with Gasteiger partial charge in [0.2, 0.25) is 0 Å². The first-order valence-corrected chi connectivity index (χ1v) is 7.57. The Morgan fingerprint density at radius 2 is 2.27 bits per heavy atom. The molecule has 22 heavy (non-hydrogen) atoms. The molecule has 0 aliphatic carbocycles. The van der Waals surface area contributed by atoms with Crippen LogP contribution < -0.4 is 5.32 Å². The molecule has 1 N–H and O–H groups in total. The predicted molar refractivity (Wildman–Crippen MR) is 82.3 cm³/mol. The van der Waals surface area contributed by atoms with Gasteiger partial charge in [0.15, 0.2) is 0 Å². The van der Waals surface area contributed by atoms with Crippen LogP contribution in [0.1, 0.15) is 23.8 Å². The third-order valence-corrected chi connectivity index (χ3v) is 4.30. The summed E-state index contributed by atoms with van der Waals surface area (Å²) in [5, 5.41) is 12.2. The average molecular weight is 297 g/mol. The number of hydrogen-bond donors (Lipinski definition) is 1. The maximum atomic E-state index is 5.90. The smallest absolute Gasteiger partial charge is 0.114 e. The zero-order valence-corrected chi connectivity index (χ0v) is 12.5. The summed E-state index contributed by atoms with van der Waals surface area (Å²) in [6.07, 6.45) is 6.79. The molecule has 0 spiro atoms. The summed E-state index contributed by atoms with van der Waals surface area (Å²) in [5.41, 5.74) is 3.47. The summed E-state index contributed by atoms with van der Waals surface area (Å²) in [5.74, 6) is 0. The molecule has 0 aromatic carbocycles. The van der Waals surface area contributed by atoms with Gasteiger partial charge in [-0.15, -0.1) is 0 Å². The first-order valence-electron chi connectivity index (χ1n) is 7.57. The van der Waals surface area contributed by atoms with Crippen LogP contribution in [-0.2, 0) is 18.3 Å². The summed E-state index contributed by atoms with van der Waals surface area (Å²) in [4.78, 5) is 0. The van der Waals surface area contributed by atoms with E-state index in [2.05, 4.69) is 21.6 Å². The second-order valence-corrected chi connectivity index (χ2v) is 5.65. The molecule has 1 saturated heterocycles. The fourth-order valence-electron chi connectivity index (χ4n) is 3.12. The van der Waals surface area contributed by atoms with Crippen LogP contribution in [0.4, 0.5) is 0 Å². The second-order valence-electron chi connectivity index (χ2n) is 5.65. The second kappa shape index (κ2) is 5.55. The fraction of sp³-hybridized carbons (Fsp3) is 0.375. The van der Waals surface area contributed by atoms with Gasteiger partial charge in [-0.25, -0.2) is 4.52 Å². The van der Waals surface area contributed by atoms with E-state index in [-0.39, 0.29) is 6.10 Å². The molecule has 1 aliphatic heterocycles. The molecule has 0 radical (unpaired) electrons. The lowest BCUT2D eigenvalue weighted by molar-refractivity contribution is 0.0919. The van der Waals surface area contributed by atoms with E-state index >= 15 is 0 Å². The van der Waals surface area contributed by atoms with E-state index in [1.165, 1.54) is 5.56 Å². The van der Waals surface area contributed by atoms with Crippen LogP contribution in [0, 0.1) is 0 Å². The average Bonchev–Trinajstić information content (AvgIpc) is 3.24. The monoisotopic (exact) mass is 297 g/mol. The van der Waals surface area contributed by atoms with Gasteiger partial charge in [0.05, 0.1) is 17.4 Å². The van der Waals surface area contributed by atoms with E-state index in [0.717, 1.165) is 30.8 Å². The first-order chi connectivity index (χ1) is 10.8. The van der Waals surface area contributed by atoms with E-state index in [4.69, 9.17) is 4.74 Å². The van der Waals surface area contributed by atoms with Gasteiger partial charge in [0, 0.05) is 44.2 Å². The van der Waals surface area contributed by atoms with Gasteiger partial charge in [0.1, 0.15) is 6.10 Å². The number of fused-ring (bicyclic) bond motifs is 1. The standard InChI is InChI=1S/C16H19N5O/c1-20-15(5-7-18-20)16-13(6-9-22-16)17-10-12-11-19-21-8-3-2-4-14(12)21/h2-5,7-8,11,13,16-17H,6,9-10H2,1H3/t13-,16-/m0/s1. The fourth-order valence-corrected chi connectivity index (χ4v) is 3.12. The van der Waals surface area contributed by atoms with Gasteiger partial charge in [-0.1, -0.05) is 6.07 Å². The van der Waals surface area contributed by atoms with E-state index in [0.29, 0.717) is 6.04 Å². The van der Waals surface area contributed by atoms with Gasteiger partial charge in [-0.05, 0) is 24.6 Å². The largest absolute Gasteiger partial charge is 0.370 e. The van der Waals surface area contributed by atoms with Crippen LogP contribution in [0.25, 0.3) is 5.52 Å². The number of aromatic nitrogens is 4. The Balaban J connectivity index is 1.50. The van der Waals surface area contributed by atoms with Crippen LogP contribution in [-0.4, -0.2) is 32.0 Å². The number of nitrogens with zero attached hydrogens (tertiary/aromatic N) is 4. The zero-order chi connectivity index (χ0) is 14.9. The van der Waals surface area contributed by atoms with Gasteiger partial charge in [-0.2, -0.15) is 10.2 Å². The van der Waals surface area contributed by atoms with Crippen molar-refractivity contribution in [2.24, 2.45) is 7.05 Å².